The van der Waals surface area contributed by atoms with Crippen LogP contribution in [0.2, 0.25) is 5.02 Å². The van der Waals surface area contributed by atoms with Crippen molar-refractivity contribution in [2.24, 2.45) is 5.92 Å². The molecule has 9 nitrogen and oxygen atoms in total. The molecule has 3 N–H and O–H groups in total. The van der Waals surface area contributed by atoms with Crippen molar-refractivity contribution in [2.75, 3.05) is 50.1 Å². The number of rotatable bonds is 6. The first-order chi connectivity index (χ1) is 14.7. The normalized spacial score (nSPS) is 21.8. The van der Waals surface area contributed by atoms with Crippen LogP contribution in [0.15, 0.2) is 24.7 Å². The van der Waals surface area contributed by atoms with Crippen LogP contribution in [0.25, 0.3) is 11.3 Å². The van der Waals surface area contributed by atoms with Crippen LogP contribution in [0.3, 0.4) is 0 Å². The van der Waals surface area contributed by atoms with Gasteiger partial charge in [0.2, 0.25) is 5.91 Å². The van der Waals surface area contributed by atoms with Crippen molar-refractivity contribution in [1.82, 2.24) is 20.3 Å². The molecule has 4 rings (SSSR count). The first kappa shape index (κ1) is 20.9. The second kappa shape index (κ2) is 10.1. The second-order valence-corrected chi connectivity index (χ2v) is 7.73. The smallest absolute Gasteiger partial charge is 0.229 e. The van der Waals surface area contributed by atoms with Crippen LogP contribution < -0.4 is 16.0 Å². The number of pyridine rings is 1. The van der Waals surface area contributed by atoms with Gasteiger partial charge >= 0.3 is 0 Å². The molecular formula is C20H25ClN6O3. The molecule has 2 fully saturated rings. The monoisotopic (exact) mass is 432 g/mol. The molecule has 160 valence electrons. The Morgan fingerprint density at radius 3 is 3.00 bits per heavy atom. The van der Waals surface area contributed by atoms with Crippen molar-refractivity contribution in [2.45, 2.75) is 18.9 Å². The van der Waals surface area contributed by atoms with Crippen molar-refractivity contribution in [1.29, 1.82) is 0 Å². The van der Waals surface area contributed by atoms with Crippen LogP contribution in [0.1, 0.15) is 12.8 Å². The summed E-state index contributed by atoms with van der Waals surface area (Å²) in [5.41, 5.74) is 1.24. The second-order valence-electron chi connectivity index (χ2n) is 7.32. The van der Waals surface area contributed by atoms with E-state index in [4.69, 9.17) is 21.1 Å². The Morgan fingerprint density at radius 2 is 2.20 bits per heavy atom. The van der Waals surface area contributed by atoms with Gasteiger partial charge in [0.15, 0.2) is 0 Å². The minimum absolute atomic E-state index is 0.0233. The fraction of sp³-hybridized carbons (Fsp3) is 0.500. The summed E-state index contributed by atoms with van der Waals surface area (Å²) in [5.74, 6) is 0.948. The maximum Gasteiger partial charge on any atom is 0.229 e. The summed E-state index contributed by atoms with van der Waals surface area (Å²) >= 11 is 6.36. The highest BCUT2D eigenvalue weighted by molar-refractivity contribution is 6.33. The first-order valence-corrected chi connectivity index (χ1v) is 10.5. The molecule has 2 aromatic rings. The summed E-state index contributed by atoms with van der Waals surface area (Å²) in [6.45, 7) is 3.98. The molecule has 0 radical (unpaired) electrons. The predicted molar refractivity (Wildman–Crippen MR) is 114 cm³/mol. The van der Waals surface area contributed by atoms with Gasteiger partial charge in [-0.05, 0) is 25.5 Å². The Morgan fingerprint density at radius 1 is 1.27 bits per heavy atom. The minimum atomic E-state index is -0.0574. The maximum atomic E-state index is 12.5. The van der Waals surface area contributed by atoms with Crippen molar-refractivity contribution >= 4 is 29.1 Å². The lowest BCUT2D eigenvalue weighted by Crippen LogP contribution is -2.37. The number of aromatic nitrogens is 3. The van der Waals surface area contributed by atoms with Gasteiger partial charge in [-0.1, -0.05) is 11.6 Å². The van der Waals surface area contributed by atoms with E-state index in [0.717, 1.165) is 19.4 Å². The SMILES string of the molecule is O=C(Nc1cc(-c2cncc(NCC3COCCO3)n2)c(Cl)cn1)[C@@H]1CCCNC1. The lowest BCUT2D eigenvalue weighted by Gasteiger charge is -2.23. The van der Waals surface area contributed by atoms with Gasteiger partial charge in [-0.3, -0.25) is 9.78 Å². The zero-order chi connectivity index (χ0) is 20.8. The summed E-state index contributed by atoms with van der Waals surface area (Å²) in [6, 6.07) is 1.72. The number of halogens is 1. The van der Waals surface area contributed by atoms with E-state index in [2.05, 4.69) is 30.9 Å². The number of nitrogens with one attached hydrogen (secondary N) is 3. The molecule has 2 atom stereocenters. The van der Waals surface area contributed by atoms with Gasteiger partial charge in [0, 0.05) is 24.8 Å². The van der Waals surface area contributed by atoms with Crippen LogP contribution >= 0.6 is 11.6 Å². The van der Waals surface area contributed by atoms with Crippen LogP contribution in [-0.2, 0) is 14.3 Å². The van der Waals surface area contributed by atoms with Crippen molar-refractivity contribution < 1.29 is 14.3 Å². The molecule has 1 unspecified atom stereocenters. The third kappa shape index (κ3) is 5.42. The van der Waals surface area contributed by atoms with Crippen molar-refractivity contribution in [3.05, 3.63) is 29.7 Å². The molecule has 0 saturated carbocycles. The average Bonchev–Trinajstić information content (AvgIpc) is 2.80. The molecule has 1 amide bonds. The Bertz CT molecular complexity index is 871. The predicted octanol–water partition coefficient (Wildman–Crippen LogP) is 1.96. The summed E-state index contributed by atoms with van der Waals surface area (Å²) in [7, 11) is 0. The number of carbonyl (C=O) groups excluding carboxylic acids is 1. The maximum absolute atomic E-state index is 12.5. The van der Waals surface area contributed by atoms with Crippen LogP contribution in [0, 0.1) is 5.92 Å². The van der Waals surface area contributed by atoms with Gasteiger partial charge < -0.3 is 25.4 Å². The molecule has 2 aliphatic heterocycles. The number of nitrogens with zero attached hydrogens (tertiary/aromatic N) is 3. The van der Waals surface area contributed by atoms with E-state index in [1.807, 2.05) is 0 Å². The molecule has 0 spiro atoms. The minimum Gasteiger partial charge on any atom is -0.376 e. The molecule has 0 aromatic carbocycles. The van der Waals surface area contributed by atoms with E-state index < -0.39 is 0 Å². The highest BCUT2D eigenvalue weighted by atomic mass is 35.5. The Kier molecular flexibility index (Phi) is 7.06. The molecule has 2 saturated heterocycles. The van der Waals surface area contributed by atoms with E-state index in [-0.39, 0.29) is 17.9 Å². The van der Waals surface area contributed by atoms with Crippen LogP contribution in [0.4, 0.5) is 11.6 Å². The van der Waals surface area contributed by atoms with Gasteiger partial charge in [0.25, 0.3) is 0 Å². The van der Waals surface area contributed by atoms with Gasteiger partial charge in [-0.25, -0.2) is 9.97 Å². The molecule has 10 heteroatoms. The van der Waals surface area contributed by atoms with Crippen LogP contribution in [-0.4, -0.2) is 66.4 Å². The van der Waals surface area contributed by atoms with E-state index >= 15 is 0 Å². The van der Waals surface area contributed by atoms with Crippen LogP contribution in [0.5, 0.6) is 0 Å². The topological polar surface area (TPSA) is 110 Å². The fourth-order valence-electron chi connectivity index (χ4n) is 3.46. The molecule has 4 heterocycles. The average molecular weight is 433 g/mol. The van der Waals surface area contributed by atoms with Gasteiger partial charge in [-0.15, -0.1) is 0 Å². The lowest BCUT2D eigenvalue weighted by molar-refractivity contribution is -0.120. The molecule has 0 bridgehead atoms. The molecule has 2 aliphatic rings. The molecule has 30 heavy (non-hydrogen) atoms. The highest BCUT2D eigenvalue weighted by Crippen LogP contribution is 2.28. The fourth-order valence-corrected chi connectivity index (χ4v) is 3.66. The summed E-state index contributed by atoms with van der Waals surface area (Å²) in [4.78, 5) is 25.6. The van der Waals surface area contributed by atoms with E-state index in [1.165, 1.54) is 6.20 Å². The largest absolute Gasteiger partial charge is 0.376 e. The number of ether oxygens (including phenoxy) is 2. The van der Waals surface area contributed by atoms with Gasteiger partial charge in [0.1, 0.15) is 11.6 Å². The number of hydrogen-bond acceptors (Lipinski definition) is 8. The first-order valence-electron chi connectivity index (χ1n) is 10.1. The van der Waals surface area contributed by atoms with Crippen molar-refractivity contribution in [3.8, 4) is 11.3 Å². The molecule has 2 aromatic heterocycles. The number of amides is 1. The molecular weight excluding hydrogens is 408 g/mol. The number of anilines is 2. The van der Waals surface area contributed by atoms with Gasteiger partial charge in [-0.2, -0.15) is 0 Å². The van der Waals surface area contributed by atoms with Crippen molar-refractivity contribution in [3.63, 3.8) is 0 Å². The zero-order valence-electron chi connectivity index (χ0n) is 16.6. The van der Waals surface area contributed by atoms with E-state index in [9.17, 15) is 4.79 Å². The zero-order valence-corrected chi connectivity index (χ0v) is 17.3. The summed E-state index contributed by atoms with van der Waals surface area (Å²) in [6.07, 6.45) is 6.62. The summed E-state index contributed by atoms with van der Waals surface area (Å²) in [5, 5.41) is 9.79. The molecule has 0 aliphatic carbocycles. The number of piperidine rings is 1. The quantitative estimate of drug-likeness (QED) is 0.635. The van der Waals surface area contributed by atoms with Gasteiger partial charge in [0.05, 0.1) is 55.0 Å². The Hall–Kier alpha value is -2.33. The lowest BCUT2D eigenvalue weighted by atomic mass is 9.99. The summed E-state index contributed by atoms with van der Waals surface area (Å²) < 4.78 is 11.0. The standard InChI is InChI=1S/C20H25ClN6O3/c21-16-9-25-18(27-20(28)13-2-1-3-22-7-13)6-15(16)17-10-23-11-19(26-17)24-8-14-12-29-4-5-30-14/h6,9-11,13-14,22H,1-5,7-8,12H2,(H,24,26)(H,25,27,28)/t13-,14?/m1/s1. The third-order valence-corrected chi connectivity index (χ3v) is 5.38. The van der Waals surface area contributed by atoms with E-state index in [0.29, 0.717) is 60.8 Å². The third-order valence-electron chi connectivity index (χ3n) is 5.08. The van der Waals surface area contributed by atoms with E-state index in [1.54, 1.807) is 18.5 Å². The Labute approximate surface area is 179 Å². The Balaban J connectivity index is 1.45. The number of carbonyl (C=O) groups is 1. The highest BCUT2D eigenvalue weighted by Gasteiger charge is 2.21. The number of hydrogen-bond donors (Lipinski definition) is 3.